The summed E-state index contributed by atoms with van der Waals surface area (Å²) >= 11 is 0. The van der Waals surface area contributed by atoms with Crippen LogP contribution in [0.5, 0.6) is 0 Å². The Labute approximate surface area is 363 Å². The zero-order valence-electron chi connectivity index (χ0n) is 34.1. The zero-order chi connectivity index (χ0) is 41.4. The standard InChI is InChI=1S/C58H37N5/c1-4-14-42(15-5-1)61-53-36-34-45(38-24-28-40(29-25-38)57-59-49-20-10-12-22-51(49)62(57)43-16-6-2-7-17-43)47-32-33-48-46(35-37-54(61)56(48)55(47)53)39-26-30-41(31-27-39)58-60-50-21-11-13-23-52(50)63(58)44-18-8-3-9-19-44/h1-37H. The third-order valence-corrected chi connectivity index (χ3v) is 12.7. The van der Waals surface area contributed by atoms with Crippen molar-refractivity contribution in [3.8, 4) is 62.1 Å². The van der Waals surface area contributed by atoms with Crippen molar-refractivity contribution in [1.29, 1.82) is 0 Å². The average molecular weight is 804 g/mol. The van der Waals surface area contributed by atoms with Crippen LogP contribution in [0.1, 0.15) is 0 Å². The van der Waals surface area contributed by atoms with Crippen LogP contribution < -0.4 is 0 Å². The van der Waals surface area contributed by atoms with Crippen molar-refractivity contribution in [2.45, 2.75) is 0 Å². The van der Waals surface area contributed by atoms with Crippen molar-refractivity contribution in [3.63, 3.8) is 0 Å². The number of aromatic nitrogens is 5. The molecule has 3 aromatic heterocycles. The van der Waals surface area contributed by atoms with Crippen molar-refractivity contribution in [1.82, 2.24) is 23.7 Å². The summed E-state index contributed by atoms with van der Waals surface area (Å²) in [5.74, 6) is 1.85. The minimum Gasteiger partial charge on any atom is -0.309 e. The third-order valence-electron chi connectivity index (χ3n) is 12.7. The summed E-state index contributed by atoms with van der Waals surface area (Å²) < 4.78 is 6.94. The minimum atomic E-state index is 0.927. The van der Waals surface area contributed by atoms with Crippen LogP contribution in [-0.2, 0) is 0 Å². The molecule has 0 fully saturated rings. The maximum atomic E-state index is 5.13. The van der Waals surface area contributed by atoms with Gasteiger partial charge in [-0.25, -0.2) is 9.97 Å². The van der Waals surface area contributed by atoms with Crippen LogP contribution in [-0.4, -0.2) is 23.7 Å². The Hall–Kier alpha value is -8.54. The Kier molecular flexibility index (Phi) is 7.84. The molecular weight excluding hydrogens is 767 g/mol. The lowest BCUT2D eigenvalue weighted by molar-refractivity contribution is 1.10. The molecule has 13 rings (SSSR count). The van der Waals surface area contributed by atoms with Gasteiger partial charge in [0.05, 0.1) is 33.1 Å². The summed E-state index contributed by atoms with van der Waals surface area (Å²) in [5.41, 5.74) is 16.7. The molecule has 0 amide bonds. The molecule has 5 heteroatoms. The Balaban J connectivity index is 0.946. The summed E-state index contributed by atoms with van der Waals surface area (Å²) in [5, 5.41) is 5.01. The van der Waals surface area contributed by atoms with Crippen molar-refractivity contribution in [3.05, 3.63) is 224 Å². The van der Waals surface area contributed by atoms with E-state index in [2.05, 4.69) is 238 Å². The summed E-state index contributed by atoms with van der Waals surface area (Å²) in [6.07, 6.45) is 0. The Morgan fingerprint density at radius 3 is 1.02 bits per heavy atom. The topological polar surface area (TPSA) is 40.6 Å². The maximum Gasteiger partial charge on any atom is 0.145 e. The monoisotopic (exact) mass is 803 g/mol. The van der Waals surface area contributed by atoms with Crippen molar-refractivity contribution < 1.29 is 0 Å². The number of benzene rings is 10. The summed E-state index contributed by atoms with van der Waals surface area (Å²) in [7, 11) is 0. The SMILES string of the molecule is c1ccc(-n2c(-c3ccc(-c4ccc5c6c4ccc4c(-c7ccc(-c8nc9ccccc9n8-c8ccccc8)cc7)ccc(c46)n5-c4ccccc4)cc3)nc3ccccc32)cc1. The third kappa shape index (κ3) is 5.50. The predicted octanol–water partition coefficient (Wildman–Crippen LogP) is 14.7. The van der Waals surface area contributed by atoms with Crippen molar-refractivity contribution >= 4 is 54.6 Å². The van der Waals surface area contributed by atoms with Crippen LogP contribution in [0.2, 0.25) is 0 Å². The highest BCUT2D eigenvalue weighted by Gasteiger charge is 2.22. The van der Waals surface area contributed by atoms with E-state index in [4.69, 9.17) is 9.97 Å². The van der Waals surface area contributed by atoms with Gasteiger partial charge in [0, 0.05) is 39.0 Å². The first kappa shape index (κ1) is 35.2. The summed E-state index contributed by atoms with van der Waals surface area (Å²) in [6.45, 7) is 0. The molecule has 0 bridgehead atoms. The highest BCUT2D eigenvalue weighted by molar-refractivity contribution is 6.28. The van der Waals surface area contributed by atoms with E-state index in [9.17, 15) is 0 Å². The maximum absolute atomic E-state index is 5.13. The number of fused-ring (bicyclic) bond motifs is 2. The van der Waals surface area contributed by atoms with E-state index in [1.807, 2.05) is 0 Å². The second-order valence-corrected chi connectivity index (χ2v) is 16.2. The molecule has 0 aliphatic rings. The molecule has 0 saturated heterocycles. The lowest BCUT2D eigenvalue weighted by atomic mass is 9.91. The molecule has 0 spiro atoms. The molecule has 294 valence electrons. The van der Waals surface area contributed by atoms with Gasteiger partial charge in [-0.3, -0.25) is 9.13 Å². The van der Waals surface area contributed by atoms with E-state index < -0.39 is 0 Å². The van der Waals surface area contributed by atoms with Crippen molar-refractivity contribution in [2.24, 2.45) is 0 Å². The highest BCUT2D eigenvalue weighted by atomic mass is 15.1. The van der Waals surface area contributed by atoms with Gasteiger partial charge < -0.3 is 4.57 Å². The molecule has 3 heterocycles. The first-order valence-electron chi connectivity index (χ1n) is 21.4. The van der Waals surface area contributed by atoms with E-state index in [0.717, 1.165) is 61.9 Å². The average Bonchev–Trinajstić information content (AvgIpc) is 4.05. The van der Waals surface area contributed by atoms with E-state index in [0.29, 0.717) is 0 Å². The fraction of sp³-hybridized carbons (Fsp3) is 0. The molecule has 5 nitrogen and oxygen atoms in total. The van der Waals surface area contributed by atoms with Gasteiger partial charge in [0.25, 0.3) is 0 Å². The zero-order valence-corrected chi connectivity index (χ0v) is 34.1. The number of rotatable bonds is 7. The van der Waals surface area contributed by atoms with Gasteiger partial charge in [-0.1, -0.05) is 152 Å². The lowest BCUT2D eigenvalue weighted by Gasteiger charge is -2.13. The normalized spacial score (nSPS) is 11.8. The summed E-state index contributed by atoms with van der Waals surface area (Å²) in [6, 6.07) is 80.2. The van der Waals surface area contributed by atoms with Gasteiger partial charge >= 0.3 is 0 Å². The molecule has 0 aliphatic heterocycles. The number of hydrogen-bond acceptors (Lipinski definition) is 2. The minimum absolute atomic E-state index is 0.927. The second kappa shape index (κ2) is 14.0. The van der Waals surface area contributed by atoms with E-state index in [1.165, 1.54) is 54.8 Å². The largest absolute Gasteiger partial charge is 0.309 e. The molecule has 63 heavy (non-hydrogen) atoms. The molecule has 10 aromatic carbocycles. The van der Waals surface area contributed by atoms with Gasteiger partial charge in [-0.15, -0.1) is 0 Å². The molecule has 0 saturated carbocycles. The lowest BCUT2D eigenvalue weighted by Crippen LogP contribution is -1.97. The molecule has 0 radical (unpaired) electrons. The molecular formula is C58H37N5. The summed E-state index contributed by atoms with van der Waals surface area (Å²) in [4.78, 5) is 10.3. The molecule has 0 unspecified atom stereocenters. The number of para-hydroxylation sites is 7. The van der Waals surface area contributed by atoms with Crippen LogP contribution in [0.4, 0.5) is 0 Å². The number of nitrogens with zero attached hydrogens (tertiary/aromatic N) is 5. The number of imidazole rings is 2. The molecule has 0 N–H and O–H groups in total. The van der Waals surface area contributed by atoms with Crippen molar-refractivity contribution in [2.75, 3.05) is 0 Å². The van der Waals surface area contributed by atoms with E-state index in [-0.39, 0.29) is 0 Å². The highest BCUT2D eigenvalue weighted by Crippen LogP contribution is 2.46. The smallest absolute Gasteiger partial charge is 0.145 e. The fourth-order valence-electron chi connectivity index (χ4n) is 9.83. The fourth-order valence-corrected chi connectivity index (χ4v) is 9.83. The van der Waals surface area contributed by atoms with E-state index in [1.54, 1.807) is 0 Å². The van der Waals surface area contributed by atoms with Crippen LogP contribution >= 0.6 is 0 Å². The van der Waals surface area contributed by atoms with Crippen LogP contribution in [0.25, 0.3) is 117 Å². The van der Waals surface area contributed by atoms with Gasteiger partial charge in [-0.2, -0.15) is 0 Å². The number of hydrogen-bond donors (Lipinski definition) is 0. The van der Waals surface area contributed by atoms with Crippen LogP contribution in [0.15, 0.2) is 224 Å². The molecule has 0 atom stereocenters. The van der Waals surface area contributed by atoms with Gasteiger partial charge in [0.2, 0.25) is 0 Å². The Morgan fingerprint density at radius 2 is 0.603 bits per heavy atom. The molecule has 13 aromatic rings. The quantitative estimate of drug-likeness (QED) is 0.151. The second-order valence-electron chi connectivity index (χ2n) is 16.2. The van der Waals surface area contributed by atoms with Crippen LogP contribution in [0.3, 0.4) is 0 Å². The first-order chi connectivity index (χ1) is 31.3. The Bertz CT molecular complexity index is 3570. The Morgan fingerprint density at radius 1 is 0.254 bits per heavy atom. The van der Waals surface area contributed by atoms with Gasteiger partial charge in [-0.05, 0) is 106 Å². The predicted molar refractivity (Wildman–Crippen MR) is 260 cm³/mol. The van der Waals surface area contributed by atoms with Gasteiger partial charge in [0.15, 0.2) is 0 Å². The molecule has 0 aliphatic carbocycles. The first-order valence-corrected chi connectivity index (χ1v) is 21.4. The van der Waals surface area contributed by atoms with Gasteiger partial charge in [0.1, 0.15) is 11.6 Å². The van der Waals surface area contributed by atoms with E-state index >= 15 is 0 Å². The van der Waals surface area contributed by atoms with Crippen LogP contribution in [0, 0.1) is 0 Å².